The van der Waals surface area contributed by atoms with Crippen molar-refractivity contribution in [1.82, 2.24) is 4.98 Å². The zero-order chi connectivity index (χ0) is 14.0. The highest BCUT2D eigenvalue weighted by atomic mass is 35.5. The minimum Gasteiger partial charge on any atom is -0.476 e. The topological polar surface area (TPSA) is 53.4 Å². The molecule has 0 bridgehead atoms. The monoisotopic (exact) mass is 282 g/mol. The van der Waals surface area contributed by atoms with Crippen molar-refractivity contribution in [2.24, 2.45) is 5.41 Å². The number of carboxylic acids is 1. The largest absolute Gasteiger partial charge is 0.476 e. The third kappa shape index (κ3) is 2.68. The predicted octanol–water partition coefficient (Wildman–Crippen LogP) is 3.45. The van der Waals surface area contributed by atoms with Gasteiger partial charge in [-0.2, -0.15) is 0 Å². The molecule has 0 radical (unpaired) electrons. The molecule has 0 atom stereocenters. The maximum absolute atomic E-state index is 11.1. The standard InChI is InChI=1S/C14H19ClN2O2/c1-3-14(4-2)7-8-17(9-14)11-6-5-10(15)12(16-11)13(18)19/h5-6H,3-4,7-9H2,1-2H3,(H,18,19). The summed E-state index contributed by atoms with van der Waals surface area (Å²) in [5.74, 6) is -0.367. The summed E-state index contributed by atoms with van der Waals surface area (Å²) in [7, 11) is 0. The van der Waals surface area contributed by atoms with E-state index in [0.29, 0.717) is 11.2 Å². The molecule has 1 saturated heterocycles. The smallest absolute Gasteiger partial charge is 0.356 e. The number of rotatable bonds is 4. The molecule has 0 unspecified atom stereocenters. The molecule has 1 aromatic rings. The Kier molecular flexibility index (Phi) is 3.99. The summed E-state index contributed by atoms with van der Waals surface area (Å²) in [5, 5.41) is 9.25. The summed E-state index contributed by atoms with van der Waals surface area (Å²) in [6.07, 6.45) is 3.41. The third-order valence-corrected chi connectivity index (χ3v) is 4.60. The molecule has 1 fully saturated rings. The molecular formula is C14H19ClN2O2. The fourth-order valence-electron chi connectivity index (χ4n) is 2.72. The van der Waals surface area contributed by atoms with Gasteiger partial charge in [-0.1, -0.05) is 25.4 Å². The fraction of sp³-hybridized carbons (Fsp3) is 0.571. The van der Waals surface area contributed by atoms with Crippen LogP contribution in [0.3, 0.4) is 0 Å². The molecule has 0 amide bonds. The minimum absolute atomic E-state index is 0.0651. The third-order valence-electron chi connectivity index (χ3n) is 4.30. The number of carbonyl (C=O) groups is 1. The number of nitrogens with zero attached hydrogens (tertiary/aromatic N) is 2. The lowest BCUT2D eigenvalue weighted by atomic mass is 9.82. The zero-order valence-corrected chi connectivity index (χ0v) is 12.1. The van der Waals surface area contributed by atoms with Gasteiger partial charge >= 0.3 is 5.97 Å². The first-order valence-electron chi connectivity index (χ1n) is 6.66. The fourth-order valence-corrected chi connectivity index (χ4v) is 2.90. The van der Waals surface area contributed by atoms with Crippen LogP contribution in [-0.2, 0) is 0 Å². The van der Waals surface area contributed by atoms with E-state index < -0.39 is 5.97 Å². The first-order valence-corrected chi connectivity index (χ1v) is 7.04. The van der Waals surface area contributed by atoms with Crippen molar-refractivity contribution in [3.63, 3.8) is 0 Å². The normalized spacial score (nSPS) is 17.7. The molecule has 2 rings (SSSR count). The maximum Gasteiger partial charge on any atom is 0.356 e. The van der Waals surface area contributed by atoms with Crippen molar-refractivity contribution in [2.75, 3.05) is 18.0 Å². The zero-order valence-electron chi connectivity index (χ0n) is 11.3. The summed E-state index contributed by atoms with van der Waals surface area (Å²) in [5.41, 5.74) is 0.273. The molecule has 0 saturated carbocycles. The molecule has 0 spiro atoms. The van der Waals surface area contributed by atoms with Crippen LogP contribution in [0.15, 0.2) is 12.1 Å². The summed E-state index contributed by atoms with van der Waals surface area (Å²) >= 11 is 5.85. The molecule has 5 heteroatoms. The summed E-state index contributed by atoms with van der Waals surface area (Å²) < 4.78 is 0. The van der Waals surface area contributed by atoms with Crippen molar-refractivity contribution < 1.29 is 9.90 Å². The van der Waals surface area contributed by atoms with E-state index >= 15 is 0 Å². The van der Waals surface area contributed by atoms with E-state index in [4.69, 9.17) is 16.7 Å². The maximum atomic E-state index is 11.1. The van der Waals surface area contributed by atoms with E-state index in [1.807, 2.05) is 0 Å². The van der Waals surface area contributed by atoms with Crippen LogP contribution in [0.4, 0.5) is 5.82 Å². The van der Waals surface area contributed by atoms with E-state index in [2.05, 4.69) is 23.7 Å². The van der Waals surface area contributed by atoms with Gasteiger partial charge in [-0.25, -0.2) is 9.78 Å². The van der Waals surface area contributed by atoms with Gasteiger partial charge in [-0.3, -0.25) is 0 Å². The Bertz CT molecular complexity index is 486. The number of carboxylic acid groups (broad SMARTS) is 1. The van der Waals surface area contributed by atoms with Gasteiger partial charge in [0, 0.05) is 13.1 Å². The lowest BCUT2D eigenvalue weighted by molar-refractivity contribution is 0.0691. The van der Waals surface area contributed by atoms with Crippen LogP contribution in [0.25, 0.3) is 0 Å². The van der Waals surface area contributed by atoms with E-state index in [1.54, 1.807) is 12.1 Å². The highest BCUT2D eigenvalue weighted by Gasteiger charge is 2.35. The number of hydrogen-bond donors (Lipinski definition) is 1. The molecule has 1 aromatic heterocycles. The molecule has 104 valence electrons. The Labute approximate surface area is 118 Å². The Morgan fingerprint density at radius 1 is 1.47 bits per heavy atom. The van der Waals surface area contributed by atoms with Gasteiger partial charge in [0.25, 0.3) is 0 Å². The first kappa shape index (κ1) is 14.1. The molecule has 1 aliphatic rings. The minimum atomic E-state index is -1.08. The molecule has 4 nitrogen and oxygen atoms in total. The van der Waals surface area contributed by atoms with Gasteiger partial charge in [0.1, 0.15) is 5.82 Å². The van der Waals surface area contributed by atoms with E-state index in [9.17, 15) is 4.79 Å². The van der Waals surface area contributed by atoms with Crippen LogP contribution in [0.1, 0.15) is 43.6 Å². The van der Waals surface area contributed by atoms with Crippen LogP contribution in [0.5, 0.6) is 0 Å². The SMILES string of the molecule is CCC1(CC)CCN(c2ccc(Cl)c(C(=O)O)n2)C1. The van der Waals surface area contributed by atoms with Crippen molar-refractivity contribution >= 4 is 23.4 Å². The second kappa shape index (κ2) is 5.37. The lowest BCUT2D eigenvalue weighted by Gasteiger charge is -2.26. The molecular weight excluding hydrogens is 264 g/mol. The van der Waals surface area contributed by atoms with Crippen LogP contribution in [0.2, 0.25) is 5.02 Å². The van der Waals surface area contributed by atoms with Gasteiger partial charge in [-0.05, 0) is 36.8 Å². The highest BCUT2D eigenvalue weighted by Crippen LogP contribution is 2.38. The average Bonchev–Trinajstić information content (AvgIpc) is 2.84. The summed E-state index contributed by atoms with van der Waals surface area (Å²) in [4.78, 5) is 17.4. The summed E-state index contributed by atoms with van der Waals surface area (Å²) in [6, 6.07) is 3.42. The van der Waals surface area contributed by atoms with E-state index in [-0.39, 0.29) is 10.7 Å². The van der Waals surface area contributed by atoms with Crippen LogP contribution < -0.4 is 4.90 Å². The number of pyridine rings is 1. The van der Waals surface area contributed by atoms with Gasteiger partial charge in [0.15, 0.2) is 5.69 Å². The second-order valence-electron chi connectivity index (χ2n) is 5.18. The van der Waals surface area contributed by atoms with Crippen molar-refractivity contribution in [2.45, 2.75) is 33.1 Å². The van der Waals surface area contributed by atoms with Gasteiger partial charge in [0.05, 0.1) is 5.02 Å². The number of aromatic nitrogens is 1. The number of anilines is 1. The number of halogens is 1. The predicted molar refractivity (Wildman–Crippen MR) is 76.1 cm³/mol. The highest BCUT2D eigenvalue weighted by molar-refractivity contribution is 6.33. The molecule has 19 heavy (non-hydrogen) atoms. The number of hydrogen-bond acceptors (Lipinski definition) is 3. The van der Waals surface area contributed by atoms with Crippen LogP contribution in [-0.4, -0.2) is 29.1 Å². The molecule has 0 aromatic carbocycles. The molecule has 2 heterocycles. The van der Waals surface area contributed by atoms with E-state index in [0.717, 1.165) is 32.4 Å². The Hall–Kier alpha value is -1.29. The van der Waals surface area contributed by atoms with Gasteiger partial charge in [-0.15, -0.1) is 0 Å². The van der Waals surface area contributed by atoms with Crippen LogP contribution >= 0.6 is 11.6 Å². The van der Waals surface area contributed by atoms with Crippen molar-refractivity contribution in [1.29, 1.82) is 0 Å². The van der Waals surface area contributed by atoms with Crippen LogP contribution in [0, 0.1) is 5.41 Å². The second-order valence-corrected chi connectivity index (χ2v) is 5.59. The Balaban J connectivity index is 2.25. The Morgan fingerprint density at radius 2 is 2.16 bits per heavy atom. The quantitative estimate of drug-likeness (QED) is 0.919. The van der Waals surface area contributed by atoms with E-state index in [1.165, 1.54) is 0 Å². The average molecular weight is 283 g/mol. The molecule has 0 aliphatic carbocycles. The van der Waals surface area contributed by atoms with Gasteiger partial charge in [0.2, 0.25) is 0 Å². The molecule has 1 N–H and O–H groups in total. The van der Waals surface area contributed by atoms with Crippen molar-refractivity contribution in [3.05, 3.63) is 22.8 Å². The first-order chi connectivity index (χ1) is 9.01. The van der Waals surface area contributed by atoms with Crippen molar-refractivity contribution in [3.8, 4) is 0 Å². The summed E-state index contributed by atoms with van der Waals surface area (Å²) in [6.45, 7) is 6.29. The molecule has 1 aliphatic heterocycles. The number of aromatic carboxylic acids is 1. The lowest BCUT2D eigenvalue weighted by Crippen LogP contribution is -2.27. The van der Waals surface area contributed by atoms with Gasteiger partial charge < -0.3 is 10.0 Å². The Morgan fingerprint density at radius 3 is 2.68 bits per heavy atom.